The summed E-state index contributed by atoms with van der Waals surface area (Å²) in [5, 5.41) is 11.4. The average Bonchev–Trinajstić information content (AvgIpc) is 2.40. The molecule has 100 valence electrons. The predicted octanol–water partition coefficient (Wildman–Crippen LogP) is 3.29. The van der Waals surface area contributed by atoms with Crippen molar-refractivity contribution in [3.8, 4) is 6.07 Å². The average molecular weight is 334 g/mol. The molecule has 0 aliphatic rings. The molecule has 2 aromatic carbocycles. The maximum absolute atomic E-state index is 12.9. The third kappa shape index (κ3) is 2.95. The number of hydrogen-bond donors (Lipinski definition) is 2. The largest absolute Gasteiger partial charge is 0.398 e. The first-order chi connectivity index (χ1) is 9.51. The van der Waals surface area contributed by atoms with Crippen LogP contribution in [0.15, 0.2) is 40.9 Å². The molecule has 3 N–H and O–H groups in total. The molecule has 0 spiro atoms. The summed E-state index contributed by atoms with van der Waals surface area (Å²) in [6.07, 6.45) is 0. The number of rotatable bonds is 2. The molecule has 0 atom stereocenters. The number of amides is 1. The molecule has 0 aliphatic carbocycles. The lowest BCUT2D eigenvalue weighted by molar-refractivity contribution is 0.102. The third-order valence-corrected chi connectivity index (χ3v) is 3.26. The van der Waals surface area contributed by atoms with Gasteiger partial charge in [-0.2, -0.15) is 5.26 Å². The Morgan fingerprint density at radius 2 is 2.05 bits per heavy atom. The first-order valence-corrected chi connectivity index (χ1v) is 6.36. The van der Waals surface area contributed by atoms with Crippen molar-refractivity contribution in [3.63, 3.8) is 0 Å². The van der Waals surface area contributed by atoms with Crippen molar-refractivity contribution in [1.29, 1.82) is 5.26 Å². The summed E-state index contributed by atoms with van der Waals surface area (Å²) in [5.41, 5.74) is 6.82. The van der Waals surface area contributed by atoms with Gasteiger partial charge in [-0.3, -0.25) is 4.79 Å². The summed E-state index contributed by atoms with van der Waals surface area (Å²) in [7, 11) is 0. The Labute approximate surface area is 123 Å². The number of nitrogens with zero attached hydrogens (tertiary/aromatic N) is 1. The number of halogens is 2. The number of nitriles is 1. The van der Waals surface area contributed by atoms with E-state index < -0.39 is 11.7 Å². The van der Waals surface area contributed by atoms with E-state index in [9.17, 15) is 9.18 Å². The van der Waals surface area contributed by atoms with Crippen molar-refractivity contribution in [2.24, 2.45) is 0 Å². The highest BCUT2D eigenvalue weighted by atomic mass is 79.9. The quantitative estimate of drug-likeness (QED) is 0.827. The van der Waals surface area contributed by atoms with Gasteiger partial charge < -0.3 is 11.1 Å². The lowest BCUT2D eigenvalue weighted by atomic mass is 10.1. The van der Waals surface area contributed by atoms with Crippen LogP contribution in [0.3, 0.4) is 0 Å². The second kappa shape index (κ2) is 5.72. The van der Waals surface area contributed by atoms with Crippen molar-refractivity contribution in [2.75, 3.05) is 11.1 Å². The van der Waals surface area contributed by atoms with Gasteiger partial charge in [0.05, 0.1) is 22.9 Å². The number of carbonyl (C=O) groups excluding carboxylic acids is 1. The zero-order valence-corrected chi connectivity index (χ0v) is 11.7. The Bertz CT molecular complexity index is 725. The van der Waals surface area contributed by atoms with Crippen LogP contribution in [0.25, 0.3) is 0 Å². The third-order valence-electron chi connectivity index (χ3n) is 2.60. The van der Waals surface area contributed by atoms with Crippen molar-refractivity contribution < 1.29 is 9.18 Å². The lowest BCUT2D eigenvalue weighted by Crippen LogP contribution is -2.14. The Kier molecular flexibility index (Phi) is 4.01. The van der Waals surface area contributed by atoms with Gasteiger partial charge in [0.15, 0.2) is 0 Å². The van der Waals surface area contributed by atoms with Gasteiger partial charge in [0.25, 0.3) is 5.91 Å². The summed E-state index contributed by atoms with van der Waals surface area (Å²) < 4.78 is 13.5. The van der Waals surface area contributed by atoms with Crippen LogP contribution in [-0.4, -0.2) is 5.91 Å². The Morgan fingerprint density at radius 1 is 1.30 bits per heavy atom. The van der Waals surface area contributed by atoms with Crippen molar-refractivity contribution in [1.82, 2.24) is 0 Å². The molecule has 4 nitrogen and oxygen atoms in total. The summed E-state index contributed by atoms with van der Waals surface area (Å²) in [5.74, 6) is -0.952. The van der Waals surface area contributed by atoms with E-state index in [4.69, 9.17) is 11.0 Å². The van der Waals surface area contributed by atoms with Crippen LogP contribution in [0.5, 0.6) is 0 Å². The minimum atomic E-state index is -0.501. The normalized spacial score (nSPS) is 9.85. The number of benzene rings is 2. The van der Waals surface area contributed by atoms with Gasteiger partial charge in [-0.25, -0.2) is 4.39 Å². The molecule has 2 aromatic rings. The predicted molar refractivity (Wildman–Crippen MR) is 77.6 cm³/mol. The Balaban J connectivity index is 2.26. The van der Waals surface area contributed by atoms with Crippen LogP contribution in [0.2, 0.25) is 0 Å². The van der Waals surface area contributed by atoms with E-state index in [1.54, 1.807) is 18.2 Å². The molecule has 2 rings (SSSR count). The molecule has 0 unspecified atom stereocenters. The highest BCUT2D eigenvalue weighted by Gasteiger charge is 2.12. The SMILES string of the molecule is N#Cc1ccc(NC(=O)c2ccc(F)cc2N)c(Br)c1. The van der Waals surface area contributed by atoms with Gasteiger partial charge in [-0.05, 0) is 52.3 Å². The van der Waals surface area contributed by atoms with Crippen LogP contribution < -0.4 is 11.1 Å². The van der Waals surface area contributed by atoms with E-state index in [2.05, 4.69) is 21.2 Å². The molecule has 0 saturated carbocycles. The fourth-order valence-corrected chi connectivity index (χ4v) is 2.09. The van der Waals surface area contributed by atoms with Crippen molar-refractivity contribution in [2.45, 2.75) is 0 Å². The molecular weight excluding hydrogens is 325 g/mol. The molecule has 20 heavy (non-hydrogen) atoms. The molecule has 0 aliphatic heterocycles. The molecule has 0 bridgehead atoms. The van der Waals surface area contributed by atoms with E-state index in [1.807, 2.05) is 6.07 Å². The van der Waals surface area contributed by atoms with Gasteiger partial charge in [0.2, 0.25) is 0 Å². The van der Waals surface area contributed by atoms with Gasteiger partial charge in [-0.1, -0.05) is 0 Å². The zero-order valence-electron chi connectivity index (χ0n) is 10.2. The van der Waals surface area contributed by atoms with Gasteiger partial charge in [-0.15, -0.1) is 0 Å². The lowest BCUT2D eigenvalue weighted by Gasteiger charge is -2.09. The minimum absolute atomic E-state index is 0.0623. The fraction of sp³-hybridized carbons (Fsp3) is 0. The van der Waals surface area contributed by atoms with Crippen LogP contribution in [-0.2, 0) is 0 Å². The maximum atomic E-state index is 12.9. The van der Waals surface area contributed by atoms with Gasteiger partial charge in [0.1, 0.15) is 5.82 Å². The number of nitrogens with one attached hydrogen (secondary N) is 1. The minimum Gasteiger partial charge on any atom is -0.398 e. The molecule has 1 amide bonds. The molecule has 0 saturated heterocycles. The Morgan fingerprint density at radius 3 is 2.65 bits per heavy atom. The van der Waals surface area contributed by atoms with E-state index in [0.29, 0.717) is 15.7 Å². The van der Waals surface area contributed by atoms with E-state index >= 15 is 0 Å². The molecule has 0 fully saturated rings. The van der Waals surface area contributed by atoms with E-state index in [-0.39, 0.29) is 11.3 Å². The fourth-order valence-electron chi connectivity index (χ4n) is 1.62. The molecule has 0 radical (unpaired) electrons. The molecule has 6 heteroatoms. The summed E-state index contributed by atoms with van der Waals surface area (Å²) in [4.78, 5) is 12.1. The smallest absolute Gasteiger partial charge is 0.257 e. The van der Waals surface area contributed by atoms with Crippen molar-refractivity contribution in [3.05, 3.63) is 57.8 Å². The summed E-state index contributed by atoms with van der Waals surface area (Å²) in [6.45, 7) is 0. The Hall–Kier alpha value is -2.39. The second-order valence-corrected chi connectivity index (χ2v) is 4.85. The summed E-state index contributed by atoms with van der Waals surface area (Å²) in [6, 6.07) is 10.3. The van der Waals surface area contributed by atoms with Gasteiger partial charge >= 0.3 is 0 Å². The van der Waals surface area contributed by atoms with Crippen LogP contribution >= 0.6 is 15.9 Å². The molecule has 0 heterocycles. The number of nitrogen functional groups attached to an aromatic ring is 1. The van der Waals surface area contributed by atoms with Gasteiger partial charge in [0, 0.05) is 10.2 Å². The number of hydrogen-bond acceptors (Lipinski definition) is 3. The van der Waals surface area contributed by atoms with Crippen LogP contribution in [0.1, 0.15) is 15.9 Å². The van der Waals surface area contributed by atoms with Crippen LogP contribution in [0, 0.1) is 17.1 Å². The monoisotopic (exact) mass is 333 g/mol. The first kappa shape index (κ1) is 14.0. The first-order valence-electron chi connectivity index (χ1n) is 5.57. The zero-order chi connectivity index (χ0) is 14.7. The topological polar surface area (TPSA) is 78.9 Å². The maximum Gasteiger partial charge on any atom is 0.257 e. The van der Waals surface area contributed by atoms with E-state index in [0.717, 1.165) is 6.07 Å². The number of anilines is 2. The number of nitrogens with two attached hydrogens (primary N) is 1. The van der Waals surface area contributed by atoms with Crippen LogP contribution in [0.4, 0.5) is 15.8 Å². The molecular formula is C14H9BrFN3O. The standard InChI is InChI=1S/C14H9BrFN3O/c15-11-5-8(7-17)1-4-13(11)19-14(20)10-3-2-9(16)6-12(10)18/h1-6H,18H2,(H,19,20). The highest BCUT2D eigenvalue weighted by molar-refractivity contribution is 9.10. The second-order valence-electron chi connectivity index (χ2n) is 3.99. The highest BCUT2D eigenvalue weighted by Crippen LogP contribution is 2.24. The van der Waals surface area contributed by atoms with Crippen molar-refractivity contribution >= 4 is 33.2 Å². The summed E-state index contributed by atoms with van der Waals surface area (Å²) >= 11 is 3.26. The number of carbonyl (C=O) groups is 1. The molecule has 0 aromatic heterocycles. The van der Waals surface area contributed by atoms with E-state index in [1.165, 1.54) is 12.1 Å².